The summed E-state index contributed by atoms with van der Waals surface area (Å²) in [4.78, 5) is 0. The van der Waals surface area contributed by atoms with Crippen molar-refractivity contribution in [1.29, 1.82) is 0 Å². The van der Waals surface area contributed by atoms with Crippen LogP contribution >= 0.6 is 23.2 Å². The van der Waals surface area contributed by atoms with Crippen molar-refractivity contribution < 1.29 is 0 Å². The first kappa shape index (κ1) is 20.8. The minimum atomic E-state index is 0.642. The first-order chi connectivity index (χ1) is 17.2. The number of hydrogen-bond donors (Lipinski definition) is 0. The van der Waals surface area contributed by atoms with Crippen molar-refractivity contribution >= 4 is 72.2 Å². The van der Waals surface area contributed by atoms with E-state index in [1.165, 1.54) is 49.0 Å². The van der Waals surface area contributed by atoms with E-state index < -0.39 is 0 Å². The molecule has 1 aliphatic carbocycles. The van der Waals surface area contributed by atoms with Gasteiger partial charge < -0.3 is 4.57 Å². The molecule has 6 aromatic rings. The smallest absolute Gasteiger partial charge is 0.0550 e. The highest BCUT2D eigenvalue weighted by Gasteiger charge is 2.20. The van der Waals surface area contributed by atoms with Gasteiger partial charge in [0.05, 0.1) is 11.0 Å². The van der Waals surface area contributed by atoms with Crippen LogP contribution in [0.4, 0.5) is 0 Å². The molecule has 5 aromatic carbocycles. The van der Waals surface area contributed by atoms with Crippen molar-refractivity contribution in [3.05, 3.63) is 113 Å². The first-order valence-corrected chi connectivity index (χ1v) is 12.6. The summed E-state index contributed by atoms with van der Waals surface area (Å²) in [5.74, 6) is 0. The van der Waals surface area contributed by atoms with Gasteiger partial charge in [0.1, 0.15) is 0 Å². The lowest BCUT2D eigenvalue weighted by atomic mass is 9.94. The Morgan fingerprint density at radius 3 is 2.14 bits per heavy atom. The fourth-order valence-corrected chi connectivity index (χ4v) is 6.20. The molecule has 168 valence electrons. The van der Waals surface area contributed by atoms with E-state index in [-0.39, 0.29) is 0 Å². The van der Waals surface area contributed by atoms with E-state index in [9.17, 15) is 0 Å². The summed E-state index contributed by atoms with van der Waals surface area (Å²) in [5, 5.41) is 8.86. The topological polar surface area (TPSA) is 4.93 Å². The number of aromatic nitrogens is 1. The van der Waals surface area contributed by atoms with Gasteiger partial charge in [-0.1, -0.05) is 90.0 Å². The van der Waals surface area contributed by atoms with Gasteiger partial charge >= 0.3 is 0 Å². The SMILES string of the molecule is Clc1cc(Cl)cc(-c2cc3c(c4ccccc24)c2c4ccccc4ccc2n3C2=CC=CCC2)c1. The van der Waals surface area contributed by atoms with E-state index in [0.29, 0.717) is 10.0 Å². The summed E-state index contributed by atoms with van der Waals surface area (Å²) >= 11 is 12.9. The summed E-state index contributed by atoms with van der Waals surface area (Å²) < 4.78 is 2.46. The van der Waals surface area contributed by atoms with Gasteiger partial charge in [0.25, 0.3) is 0 Å². The van der Waals surface area contributed by atoms with Crippen LogP contribution < -0.4 is 0 Å². The second-order valence-electron chi connectivity index (χ2n) is 9.16. The van der Waals surface area contributed by atoms with E-state index in [2.05, 4.69) is 89.5 Å². The molecule has 0 fully saturated rings. The van der Waals surface area contributed by atoms with E-state index in [1.54, 1.807) is 6.07 Å². The van der Waals surface area contributed by atoms with Gasteiger partial charge in [0.15, 0.2) is 0 Å². The molecule has 1 aliphatic rings. The van der Waals surface area contributed by atoms with Crippen molar-refractivity contribution in [3.8, 4) is 11.1 Å². The lowest BCUT2D eigenvalue weighted by Gasteiger charge is -2.16. The molecule has 0 aliphatic heterocycles. The van der Waals surface area contributed by atoms with Gasteiger partial charge in [-0.2, -0.15) is 0 Å². The van der Waals surface area contributed by atoms with E-state index in [4.69, 9.17) is 23.2 Å². The summed E-state index contributed by atoms with van der Waals surface area (Å²) in [6.07, 6.45) is 8.72. The zero-order valence-corrected chi connectivity index (χ0v) is 20.4. The van der Waals surface area contributed by atoms with Crippen LogP contribution in [0.5, 0.6) is 0 Å². The van der Waals surface area contributed by atoms with E-state index in [1.807, 2.05) is 12.1 Å². The molecule has 0 saturated heterocycles. The molecule has 0 atom stereocenters. The summed E-state index contributed by atoms with van der Waals surface area (Å²) in [7, 11) is 0. The Labute approximate surface area is 213 Å². The second-order valence-corrected chi connectivity index (χ2v) is 10.0. The molecular weight excluding hydrogens is 469 g/mol. The maximum atomic E-state index is 6.45. The molecule has 1 aromatic heterocycles. The van der Waals surface area contributed by atoms with Gasteiger partial charge in [0, 0.05) is 26.5 Å². The number of fused-ring (bicyclic) bond motifs is 7. The highest BCUT2D eigenvalue weighted by atomic mass is 35.5. The molecule has 35 heavy (non-hydrogen) atoms. The van der Waals surface area contributed by atoms with Gasteiger partial charge in [-0.25, -0.2) is 0 Å². The molecule has 0 saturated carbocycles. The summed E-state index contributed by atoms with van der Waals surface area (Å²) in [6.45, 7) is 0. The summed E-state index contributed by atoms with van der Waals surface area (Å²) in [5.41, 5.74) is 5.93. The third-order valence-electron chi connectivity index (χ3n) is 7.12. The third kappa shape index (κ3) is 3.23. The minimum absolute atomic E-state index is 0.642. The van der Waals surface area contributed by atoms with Gasteiger partial charge in [-0.05, 0) is 81.9 Å². The van der Waals surface area contributed by atoms with Crippen LogP contribution in [-0.4, -0.2) is 4.57 Å². The number of allylic oxidation sites excluding steroid dienone is 4. The molecule has 1 heterocycles. The highest BCUT2D eigenvalue weighted by molar-refractivity contribution is 6.35. The Kier molecular flexibility index (Phi) is 4.77. The van der Waals surface area contributed by atoms with Gasteiger partial charge in [-0.3, -0.25) is 0 Å². The largest absolute Gasteiger partial charge is 0.313 e. The predicted molar refractivity (Wildman–Crippen MR) is 153 cm³/mol. The third-order valence-corrected chi connectivity index (χ3v) is 7.55. The number of nitrogens with zero attached hydrogens (tertiary/aromatic N) is 1. The van der Waals surface area contributed by atoms with Crippen molar-refractivity contribution in [2.45, 2.75) is 12.8 Å². The Balaban J connectivity index is 1.74. The van der Waals surface area contributed by atoms with Crippen LogP contribution in [-0.2, 0) is 0 Å². The van der Waals surface area contributed by atoms with Crippen LogP contribution in [0.3, 0.4) is 0 Å². The van der Waals surface area contributed by atoms with Crippen molar-refractivity contribution in [1.82, 2.24) is 4.57 Å². The molecule has 3 heteroatoms. The van der Waals surface area contributed by atoms with Crippen molar-refractivity contribution in [2.75, 3.05) is 0 Å². The first-order valence-electron chi connectivity index (χ1n) is 11.9. The Morgan fingerprint density at radius 1 is 0.657 bits per heavy atom. The number of benzene rings is 5. The standard InChI is InChI=1S/C32H21Cl2N/c33-22-16-21(17-23(34)18-22)28-19-30-32(27-13-7-6-12-26(27)28)31-25-11-5-4-8-20(25)14-15-29(31)35(30)24-9-2-1-3-10-24/h1-2,4-9,11-19H,3,10H2. The fraction of sp³-hybridized carbons (Fsp3) is 0.0625. The normalized spacial score (nSPS) is 13.8. The molecule has 0 unspecified atom stereocenters. The highest BCUT2D eigenvalue weighted by Crippen LogP contribution is 2.44. The van der Waals surface area contributed by atoms with Crippen LogP contribution in [0.15, 0.2) is 103 Å². The molecule has 0 radical (unpaired) electrons. The van der Waals surface area contributed by atoms with Crippen molar-refractivity contribution in [2.24, 2.45) is 0 Å². The minimum Gasteiger partial charge on any atom is -0.313 e. The van der Waals surface area contributed by atoms with Crippen molar-refractivity contribution in [3.63, 3.8) is 0 Å². The quantitative estimate of drug-likeness (QED) is 0.228. The molecular formula is C32H21Cl2N. The fourth-order valence-electron chi connectivity index (χ4n) is 5.67. The Morgan fingerprint density at radius 2 is 1.37 bits per heavy atom. The van der Waals surface area contributed by atoms with Gasteiger partial charge in [-0.15, -0.1) is 0 Å². The Bertz CT molecular complexity index is 1850. The monoisotopic (exact) mass is 489 g/mol. The van der Waals surface area contributed by atoms with Crippen LogP contribution in [0, 0.1) is 0 Å². The van der Waals surface area contributed by atoms with Gasteiger partial charge in [0.2, 0.25) is 0 Å². The second kappa shape index (κ2) is 8.02. The molecule has 7 rings (SSSR count). The zero-order valence-electron chi connectivity index (χ0n) is 18.9. The molecule has 0 amide bonds. The predicted octanol–water partition coefficient (Wildman–Crippen LogP) is 10.3. The summed E-state index contributed by atoms with van der Waals surface area (Å²) in [6, 6.07) is 30.0. The zero-order chi connectivity index (χ0) is 23.5. The average Bonchev–Trinajstić information content (AvgIpc) is 3.23. The maximum absolute atomic E-state index is 6.45. The molecule has 1 nitrogen and oxygen atoms in total. The lowest BCUT2D eigenvalue weighted by Crippen LogP contribution is -1.99. The van der Waals surface area contributed by atoms with Crippen LogP contribution in [0.25, 0.3) is 60.2 Å². The van der Waals surface area contributed by atoms with Crippen LogP contribution in [0.1, 0.15) is 12.8 Å². The van der Waals surface area contributed by atoms with Crippen LogP contribution in [0.2, 0.25) is 10.0 Å². The Hall–Kier alpha value is -3.52. The molecule has 0 bridgehead atoms. The van der Waals surface area contributed by atoms with E-state index in [0.717, 1.165) is 24.0 Å². The number of rotatable bonds is 2. The molecule has 0 spiro atoms. The van der Waals surface area contributed by atoms with E-state index >= 15 is 0 Å². The molecule has 0 N–H and O–H groups in total. The number of halogens is 2. The maximum Gasteiger partial charge on any atom is 0.0550 e. The average molecular weight is 490 g/mol. The lowest BCUT2D eigenvalue weighted by molar-refractivity contribution is 0.979. The number of hydrogen-bond acceptors (Lipinski definition) is 0.